The predicted molar refractivity (Wildman–Crippen MR) is 117 cm³/mol. The second kappa shape index (κ2) is 9.01. The third kappa shape index (κ3) is 4.71. The molecule has 1 aliphatic rings. The summed E-state index contributed by atoms with van der Waals surface area (Å²) in [5.41, 5.74) is 2.78. The molecule has 29 heavy (non-hydrogen) atoms. The Bertz CT molecular complexity index is 946. The second-order valence-electron chi connectivity index (χ2n) is 7.29. The third-order valence-electron chi connectivity index (χ3n) is 5.36. The number of aromatic amines is 1. The molecule has 0 spiro atoms. The zero-order valence-electron chi connectivity index (χ0n) is 16.9. The Morgan fingerprint density at radius 3 is 2.62 bits per heavy atom. The van der Waals surface area contributed by atoms with Crippen LogP contribution in [0.5, 0.6) is 5.75 Å². The van der Waals surface area contributed by atoms with E-state index in [1.807, 2.05) is 37.3 Å². The molecule has 4 rings (SSSR count). The first-order valence-corrected chi connectivity index (χ1v) is 10.3. The number of anilines is 1. The molecule has 0 bridgehead atoms. The highest BCUT2D eigenvalue weighted by Crippen LogP contribution is 2.21. The van der Waals surface area contributed by atoms with Crippen molar-refractivity contribution < 1.29 is 9.53 Å². The van der Waals surface area contributed by atoms with E-state index in [1.165, 1.54) is 5.69 Å². The molecule has 0 atom stereocenters. The molecule has 0 saturated carbocycles. The number of fused-ring (bicyclic) bond motifs is 1. The van der Waals surface area contributed by atoms with Crippen LogP contribution in [-0.4, -0.2) is 61.7 Å². The highest BCUT2D eigenvalue weighted by Gasteiger charge is 2.17. The number of ether oxygens (including phenoxy) is 1. The van der Waals surface area contributed by atoms with Gasteiger partial charge in [-0.3, -0.25) is 9.69 Å². The van der Waals surface area contributed by atoms with Gasteiger partial charge in [0.25, 0.3) is 5.91 Å². The van der Waals surface area contributed by atoms with Gasteiger partial charge in [-0.1, -0.05) is 18.2 Å². The fourth-order valence-corrected chi connectivity index (χ4v) is 3.78. The van der Waals surface area contributed by atoms with Gasteiger partial charge in [0.15, 0.2) is 0 Å². The average molecular weight is 393 g/mol. The lowest BCUT2D eigenvalue weighted by atomic mass is 10.2. The highest BCUT2D eigenvalue weighted by molar-refractivity contribution is 5.98. The van der Waals surface area contributed by atoms with Crippen LogP contribution in [0.1, 0.15) is 17.4 Å². The first kappa shape index (κ1) is 19.3. The molecule has 6 nitrogen and oxygen atoms in total. The number of H-pyrrole nitrogens is 1. The van der Waals surface area contributed by atoms with Crippen molar-refractivity contribution in [3.8, 4) is 5.75 Å². The van der Waals surface area contributed by atoms with Gasteiger partial charge in [0, 0.05) is 61.9 Å². The van der Waals surface area contributed by atoms with Crippen molar-refractivity contribution >= 4 is 22.5 Å². The van der Waals surface area contributed by atoms with E-state index >= 15 is 0 Å². The fourth-order valence-electron chi connectivity index (χ4n) is 3.78. The minimum absolute atomic E-state index is 0.0675. The smallest absolute Gasteiger partial charge is 0.267 e. The molecular formula is C23H28N4O2. The van der Waals surface area contributed by atoms with E-state index in [-0.39, 0.29) is 5.91 Å². The van der Waals surface area contributed by atoms with Crippen LogP contribution in [-0.2, 0) is 0 Å². The van der Waals surface area contributed by atoms with Crippen molar-refractivity contribution in [1.82, 2.24) is 15.2 Å². The molecule has 1 fully saturated rings. The van der Waals surface area contributed by atoms with Crippen LogP contribution >= 0.6 is 0 Å². The molecule has 1 aliphatic heterocycles. The number of benzene rings is 2. The van der Waals surface area contributed by atoms with Gasteiger partial charge in [-0.2, -0.15) is 0 Å². The summed E-state index contributed by atoms with van der Waals surface area (Å²) in [5, 5.41) is 4.04. The molecule has 0 radical (unpaired) electrons. The first-order chi connectivity index (χ1) is 14.2. The Morgan fingerprint density at radius 2 is 1.86 bits per heavy atom. The third-order valence-corrected chi connectivity index (χ3v) is 5.36. The van der Waals surface area contributed by atoms with Crippen molar-refractivity contribution in [1.29, 1.82) is 0 Å². The molecule has 1 amide bonds. The summed E-state index contributed by atoms with van der Waals surface area (Å²) >= 11 is 0. The van der Waals surface area contributed by atoms with Crippen LogP contribution in [0.3, 0.4) is 0 Å². The van der Waals surface area contributed by atoms with Crippen LogP contribution < -0.4 is 15.0 Å². The van der Waals surface area contributed by atoms with Gasteiger partial charge < -0.3 is 19.9 Å². The molecule has 1 aromatic heterocycles. The van der Waals surface area contributed by atoms with Crippen LogP contribution in [0.4, 0.5) is 5.69 Å². The molecule has 152 valence electrons. The molecular weight excluding hydrogens is 364 g/mol. The van der Waals surface area contributed by atoms with Gasteiger partial charge in [0.05, 0.1) is 6.61 Å². The average Bonchev–Trinajstić information content (AvgIpc) is 3.19. The lowest BCUT2D eigenvalue weighted by Gasteiger charge is -2.36. The zero-order valence-corrected chi connectivity index (χ0v) is 16.9. The topological polar surface area (TPSA) is 60.6 Å². The number of nitrogens with one attached hydrogen (secondary N) is 2. The molecule has 1 saturated heterocycles. The van der Waals surface area contributed by atoms with Gasteiger partial charge in [-0.25, -0.2) is 0 Å². The van der Waals surface area contributed by atoms with Crippen molar-refractivity contribution in [2.45, 2.75) is 6.92 Å². The number of hydrogen-bond donors (Lipinski definition) is 2. The van der Waals surface area contributed by atoms with Crippen molar-refractivity contribution in [2.24, 2.45) is 0 Å². The Morgan fingerprint density at radius 1 is 1.07 bits per heavy atom. The monoisotopic (exact) mass is 392 g/mol. The molecule has 2 heterocycles. The molecule has 2 N–H and O–H groups in total. The van der Waals surface area contributed by atoms with E-state index in [0.29, 0.717) is 18.8 Å². The number of nitrogens with zero attached hydrogens (tertiary/aromatic N) is 2. The summed E-state index contributed by atoms with van der Waals surface area (Å²) < 4.78 is 5.52. The van der Waals surface area contributed by atoms with Crippen LogP contribution in [0.25, 0.3) is 10.9 Å². The molecule has 6 heteroatoms. The minimum atomic E-state index is -0.0675. The van der Waals surface area contributed by atoms with Gasteiger partial charge in [-0.15, -0.1) is 0 Å². The number of carbonyl (C=O) groups excluding carboxylic acids is 1. The van der Waals surface area contributed by atoms with E-state index in [9.17, 15) is 4.79 Å². The van der Waals surface area contributed by atoms with Gasteiger partial charge in [-0.05, 0) is 37.3 Å². The van der Waals surface area contributed by atoms with Gasteiger partial charge in [0.1, 0.15) is 11.4 Å². The minimum Gasteiger partial charge on any atom is -0.494 e. The summed E-state index contributed by atoms with van der Waals surface area (Å²) in [7, 11) is 0. The zero-order chi connectivity index (χ0) is 20.1. The molecule has 0 unspecified atom stereocenters. The maximum atomic E-state index is 12.5. The van der Waals surface area contributed by atoms with E-state index < -0.39 is 0 Å². The number of aromatic nitrogens is 1. The number of piperazine rings is 1. The van der Waals surface area contributed by atoms with E-state index in [1.54, 1.807) is 0 Å². The summed E-state index contributed by atoms with van der Waals surface area (Å²) in [5.74, 6) is 0.741. The number of rotatable bonds is 7. The largest absolute Gasteiger partial charge is 0.494 e. The number of carbonyl (C=O) groups is 1. The number of amides is 1. The summed E-state index contributed by atoms with van der Waals surface area (Å²) in [6, 6.07) is 18.3. The van der Waals surface area contributed by atoms with Crippen LogP contribution in [0.15, 0.2) is 54.6 Å². The van der Waals surface area contributed by atoms with Crippen molar-refractivity contribution in [3.05, 3.63) is 60.3 Å². The maximum absolute atomic E-state index is 12.5. The van der Waals surface area contributed by atoms with Gasteiger partial charge in [0.2, 0.25) is 0 Å². The van der Waals surface area contributed by atoms with E-state index in [0.717, 1.165) is 49.4 Å². The van der Waals surface area contributed by atoms with Crippen molar-refractivity contribution in [2.75, 3.05) is 50.8 Å². The fraction of sp³-hybridized carbons (Fsp3) is 0.348. The SMILES string of the molecule is CCOc1ccc2cc(C(=O)NCCN3CCN(c4ccccc4)CC3)[nH]c2c1. The summed E-state index contributed by atoms with van der Waals surface area (Å²) in [6.07, 6.45) is 0. The van der Waals surface area contributed by atoms with E-state index in [2.05, 4.69) is 44.4 Å². The molecule has 3 aromatic rings. The standard InChI is InChI=1S/C23H28N4O2/c1-2-29-20-9-8-18-16-22(25-21(18)17-20)23(28)24-10-11-26-12-14-27(15-13-26)19-6-4-3-5-7-19/h3-9,16-17,25H,2,10-15H2,1H3,(H,24,28). The Labute approximate surface area is 171 Å². The molecule has 2 aromatic carbocycles. The maximum Gasteiger partial charge on any atom is 0.267 e. The Balaban J connectivity index is 1.25. The Hall–Kier alpha value is -2.99. The summed E-state index contributed by atoms with van der Waals surface area (Å²) in [4.78, 5) is 20.5. The first-order valence-electron chi connectivity index (χ1n) is 10.3. The number of hydrogen-bond acceptors (Lipinski definition) is 4. The summed E-state index contributed by atoms with van der Waals surface area (Å²) in [6.45, 7) is 8.14. The van der Waals surface area contributed by atoms with Crippen molar-refractivity contribution in [3.63, 3.8) is 0 Å². The predicted octanol–water partition coefficient (Wildman–Crippen LogP) is 3.12. The van der Waals surface area contributed by atoms with Crippen LogP contribution in [0, 0.1) is 0 Å². The lowest BCUT2D eigenvalue weighted by molar-refractivity contribution is 0.0943. The number of para-hydroxylation sites is 1. The lowest BCUT2D eigenvalue weighted by Crippen LogP contribution is -2.48. The molecule has 0 aliphatic carbocycles. The Kier molecular flexibility index (Phi) is 6.00. The van der Waals surface area contributed by atoms with E-state index in [4.69, 9.17) is 4.74 Å². The second-order valence-corrected chi connectivity index (χ2v) is 7.29. The quantitative estimate of drug-likeness (QED) is 0.649. The van der Waals surface area contributed by atoms with Gasteiger partial charge >= 0.3 is 0 Å². The normalized spacial score (nSPS) is 14.9. The highest BCUT2D eigenvalue weighted by atomic mass is 16.5. The van der Waals surface area contributed by atoms with Crippen LogP contribution in [0.2, 0.25) is 0 Å².